The molecule has 0 aliphatic heterocycles. The van der Waals surface area contributed by atoms with Crippen LogP contribution in [0.4, 0.5) is 0 Å². The van der Waals surface area contributed by atoms with Gasteiger partial charge in [-0.15, -0.1) is 0 Å². The van der Waals surface area contributed by atoms with E-state index in [2.05, 4.69) is 5.32 Å². The van der Waals surface area contributed by atoms with Gasteiger partial charge in [0.1, 0.15) is 0 Å². The van der Waals surface area contributed by atoms with Crippen LogP contribution in [0.1, 0.15) is 36.8 Å². The Morgan fingerprint density at radius 3 is 2.45 bits per heavy atom. The zero-order chi connectivity index (χ0) is 16.1. The third-order valence-corrected chi connectivity index (χ3v) is 3.78. The van der Waals surface area contributed by atoms with Crippen LogP contribution in [-0.4, -0.2) is 21.4 Å². The first-order valence-electron chi connectivity index (χ1n) is 7.34. The molecular formula is C18H20N2O2. The minimum Gasteiger partial charge on any atom is -0.428 e. The summed E-state index contributed by atoms with van der Waals surface area (Å²) in [6.45, 7) is 7.57. The minimum absolute atomic E-state index is 0.168. The summed E-state index contributed by atoms with van der Waals surface area (Å²) in [7, 11) is 0. The molecule has 114 valence electrons. The van der Waals surface area contributed by atoms with Crippen LogP contribution in [0, 0.1) is 6.92 Å². The molecule has 22 heavy (non-hydrogen) atoms. The van der Waals surface area contributed by atoms with Gasteiger partial charge in [0.05, 0.1) is 16.8 Å². The van der Waals surface area contributed by atoms with Gasteiger partial charge in [-0.05, 0) is 33.1 Å². The fraction of sp³-hybridized carbons (Fsp3) is 0.278. The highest BCUT2D eigenvalue weighted by Gasteiger charge is 2.24. The molecule has 4 heteroatoms. The van der Waals surface area contributed by atoms with Crippen LogP contribution in [-0.2, 0) is 0 Å². The van der Waals surface area contributed by atoms with Crippen LogP contribution >= 0.6 is 0 Å². The number of fused-ring (bicyclic) bond motifs is 3. The normalized spacial score (nSPS) is 12.0. The van der Waals surface area contributed by atoms with Crippen LogP contribution < -0.4 is 5.32 Å². The molecule has 0 aliphatic rings. The molecule has 0 spiro atoms. The van der Waals surface area contributed by atoms with Gasteiger partial charge in [0, 0.05) is 16.3 Å². The largest absolute Gasteiger partial charge is 0.428 e. The molecule has 0 bridgehead atoms. The average Bonchev–Trinajstić information content (AvgIpc) is 2.69. The quantitative estimate of drug-likeness (QED) is 0.670. The second kappa shape index (κ2) is 4.77. The predicted octanol–water partition coefficient (Wildman–Crippen LogP) is 3.87. The van der Waals surface area contributed by atoms with E-state index in [1.807, 2.05) is 57.2 Å². The van der Waals surface area contributed by atoms with E-state index in [1.54, 1.807) is 6.92 Å². The zero-order valence-electron chi connectivity index (χ0n) is 13.3. The number of amides is 1. The highest BCUT2D eigenvalue weighted by molar-refractivity contribution is 6.15. The second-order valence-corrected chi connectivity index (χ2v) is 6.66. The number of carbonyl (C=O) groups excluding carboxylic acids is 1. The minimum atomic E-state index is -0.329. The Morgan fingerprint density at radius 1 is 1.09 bits per heavy atom. The number of hydrogen-bond donors (Lipinski definition) is 2. The monoisotopic (exact) mass is 296 g/mol. The Labute approximate surface area is 129 Å². The van der Waals surface area contributed by atoms with Crippen LogP contribution in [0.25, 0.3) is 21.7 Å². The van der Waals surface area contributed by atoms with Crippen LogP contribution in [0.15, 0.2) is 36.4 Å². The van der Waals surface area contributed by atoms with E-state index in [4.69, 9.17) is 0 Å². The lowest BCUT2D eigenvalue weighted by Gasteiger charge is -2.20. The lowest BCUT2D eigenvalue weighted by atomic mass is 10.0. The Kier molecular flexibility index (Phi) is 3.13. The van der Waals surface area contributed by atoms with Crippen molar-refractivity contribution in [3.8, 4) is 0 Å². The molecule has 0 fully saturated rings. The van der Waals surface area contributed by atoms with Crippen molar-refractivity contribution in [2.45, 2.75) is 33.2 Å². The molecule has 4 nitrogen and oxygen atoms in total. The van der Waals surface area contributed by atoms with E-state index in [1.165, 1.54) is 0 Å². The first-order valence-corrected chi connectivity index (χ1v) is 7.34. The zero-order valence-corrected chi connectivity index (χ0v) is 13.3. The molecule has 0 aliphatic carbocycles. The molecule has 0 radical (unpaired) electrons. The Morgan fingerprint density at radius 2 is 1.77 bits per heavy atom. The maximum atomic E-state index is 12.6. The van der Waals surface area contributed by atoms with Gasteiger partial charge in [0.2, 0.25) is 0 Å². The van der Waals surface area contributed by atoms with Crippen molar-refractivity contribution in [1.29, 1.82) is 0 Å². The fourth-order valence-corrected chi connectivity index (χ4v) is 2.84. The number of aromatic nitrogens is 1. The molecule has 0 saturated heterocycles. The van der Waals surface area contributed by atoms with Gasteiger partial charge >= 0.3 is 0 Å². The van der Waals surface area contributed by atoms with Gasteiger partial charge in [-0.25, -0.2) is 0 Å². The number of nitrogens with zero attached hydrogens (tertiary/aromatic N) is 1. The molecule has 1 amide bonds. The van der Waals surface area contributed by atoms with Crippen molar-refractivity contribution >= 4 is 27.6 Å². The van der Waals surface area contributed by atoms with Crippen LogP contribution in [0.5, 0.6) is 0 Å². The summed E-state index contributed by atoms with van der Waals surface area (Å²) in [4.78, 5) is 12.6. The molecule has 0 atom stereocenters. The lowest BCUT2D eigenvalue weighted by molar-refractivity contribution is 0.0917. The second-order valence-electron chi connectivity index (χ2n) is 6.66. The standard InChI is InChI=1S/C18H20N2O2/c1-11-15(17(21)19-18(2,3)4)14-10-9-12-7-5-6-8-13(12)16(14)20(11)22/h5-10,22H,1-4H3,(H,19,21). The molecule has 2 aromatic carbocycles. The summed E-state index contributed by atoms with van der Waals surface area (Å²) in [6, 6.07) is 11.7. The van der Waals surface area contributed by atoms with E-state index in [9.17, 15) is 10.0 Å². The molecule has 0 unspecified atom stereocenters. The molecule has 0 saturated carbocycles. The Bertz CT molecular complexity index is 885. The average molecular weight is 296 g/mol. The molecule has 1 heterocycles. The molecule has 3 rings (SSSR count). The van der Waals surface area contributed by atoms with Crippen molar-refractivity contribution in [3.05, 3.63) is 47.7 Å². The number of carbonyl (C=O) groups is 1. The van der Waals surface area contributed by atoms with E-state index >= 15 is 0 Å². The van der Waals surface area contributed by atoms with Gasteiger partial charge in [-0.3, -0.25) is 4.79 Å². The maximum absolute atomic E-state index is 12.6. The van der Waals surface area contributed by atoms with Gasteiger partial charge in [0.15, 0.2) is 0 Å². The Hall–Kier alpha value is -2.49. The number of benzene rings is 2. The first kappa shape index (κ1) is 14.4. The van der Waals surface area contributed by atoms with Gasteiger partial charge in [-0.2, -0.15) is 4.73 Å². The van der Waals surface area contributed by atoms with E-state index in [0.29, 0.717) is 16.8 Å². The predicted molar refractivity (Wildman–Crippen MR) is 88.6 cm³/mol. The first-order chi connectivity index (χ1) is 10.3. The van der Waals surface area contributed by atoms with Crippen molar-refractivity contribution in [1.82, 2.24) is 10.0 Å². The van der Waals surface area contributed by atoms with Crippen LogP contribution in [0.2, 0.25) is 0 Å². The summed E-state index contributed by atoms with van der Waals surface area (Å²) in [5.74, 6) is -0.168. The van der Waals surface area contributed by atoms with E-state index in [-0.39, 0.29) is 11.4 Å². The number of hydrogen-bond acceptors (Lipinski definition) is 2. The van der Waals surface area contributed by atoms with Crippen molar-refractivity contribution in [2.24, 2.45) is 0 Å². The maximum Gasteiger partial charge on any atom is 0.254 e. The highest BCUT2D eigenvalue weighted by Crippen LogP contribution is 2.31. The summed E-state index contributed by atoms with van der Waals surface area (Å²) in [6.07, 6.45) is 0. The molecule has 2 N–H and O–H groups in total. The summed E-state index contributed by atoms with van der Waals surface area (Å²) < 4.78 is 1.12. The summed E-state index contributed by atoms with van der Waals surface area (Å²) >= 11 is 0. The number of nitrogens with one attached hydrogen (secondary N) is 1. The SMILES string of the molecule is Cc1c(C(=O)NC(C)(C)C)c2ccc3ccccc3c2n1O. The van der Waals surface area contributed by atoms with Crippen molar-refractivity contribution in [2.75, 3.05) is 0 Å². The van der Waals surface area contributed by atoms with E-state index in [0.717, 1.165) is 20.9 Å². The van der Waals surface area contributed by atoms with Crippen molar-refractivity contribution in [3.63, 3.8) is 0 Å². The lowest BCUT2D eigenvalue weighted by Crippen LogP contribution is -2.40. The molecule has 3 aromatic rings. The number of rotatable bonds is 1. The summed E-state index contributed by atoms with van der Waals surface area (Å²) in [5, 5.41) is 16.2. The van der Waals surface area contributed by atoms with Crippen molar-refractivity contribution < 1.29 is 10.0 Å². The fourth-order valence-electron chi connectivity index (χ4n) is 2.84. The molecule has 1 aromatic heterocycles. The van der Waals surface area contributed by atoms with Crippen LogP contribution in [0.3, 0.4) is 0 Å². The Balaban J connectivity index is 2.31. The summed E-state index contributed by atoms with van der Waals surface area (Å²) in [5.41, 5.74) is 1.42. The third-order valence-electron chi connectivity index (χ3n) is 3.78. The van der Waals surface area contributed by atoms with Gasteiger partial charge < -0.3 is 10.5 Å². The van der Waals surface area contributed by atoms with E-state index < -0.39 is 0 Å². The topological polar surface area (TPSA) is 54.3 Å². The van der Waals surface area contributed by atoms with Gasteiger partial charge in [-0.1, -0.05) is 36.4 Å². The molecular weight excluding hydrogens is 276 g/mol. The smallest absolute Gasteiger partial charge is 0.254 e. The third kappa shape index (κ3) is 2.21. The highest BCUT2D eigenvalue weighted by atomic mass is 16.5. The van der Waals surface area contributed by atoms with Gasteiger partial charge in [0.25, 0.3) is 5.91 Å².